The molecule has 1 aliphatic rings. The van der Waals surface area contributed by atoms with Crippen molar-refractivity contribution in [2.75, 3.05) is 0 Å². The highest BCUT2D eigenvalue weighted by molar-refractivity contribution is 6.91. The van der Waals surface area contributed by atoms with Gasteiger partial charge in [-0.05, 0) is 122 Å². The zero-order valence-electron chi connectivity index (χ0n) is 47.7. The van der Waals surface area contributed by atoms with E-state index in [0.717, 1.165) is 74.8 Å². The van der Waals surface area contributed by atoms with Gasteiger partial charge in [0.25, 0.3) is 11.7 Å². The molecule has 0 radical (unpaired) electrons. The number of nitrogens with zero attached hydrogens (tertiary/aromatic N) is 1. The minimum absolute atomic E-state index is 0.130. The molecule has 3 heterocycles. The second-order valence-electron chi connectivity index (χ2n) is 22.5. The first kappa shape index (κ1) is 58.7. The fourth-order valence-electron chi connectivity index (χ4n) is 13.4. The van der Waals surface area contributed by atoms with Crippen molar-refractivity contribution in [2.24, 2.45) is 4.99 Å². The molecule has 0 aromatic carbocycles. The number of aliphatic imine (C=N–C) groups is 1. The van der Waals surface area contributed by atoms with Crippen LogP contribution in [0.1, 0.15) is 217 Å². The highest BCUT2D eigenvalue weighted by Gasteiger charge is 2.44. The number of rotatable bonds is 18. The molecule has 0 fully saturated rings. The average Bonchev–Trinajstić information content (AvgIpc) is 3.92. The van der Waals surface area contributed by atoms with Gasteiger partial charge in [0.1, 0.15) is 24.2 Å². The number of aromatic nitrogens is 2. The maximum Gasteiger partial charge on any atom is 0.273 e. The molecular formula is C60H95N3O2Si3. The second kappa shape index (κ2) is 24.0. The van der Waals surface area contributed by atoms with Gasteiger partial charge in [0.05, 0.1) is 38.9 Å². The van der Waals surface area contributed by atoms with Crippen LogP contribution in [0.3, 0.4) is 0 Å². The first-order chi connectivity index (χ1) is 31.7. The minimum atomic E-state index is -2.25. The number of H-pyrrole nitrogens is 2. The Morgan fingerprint density at radius 2 is 0.750 bits per heavy atom. The number of aromatic amines is 2. The SMILES string of the molecule is CCC1=C(CC)C(/C(C#C[Si](C(C)C)(C(C)C)C(C)C)=c2/[nH]/c(=C(\C#C[Si](C(C)C)(C(C)C)C(C)C)c3[nH]c(C(=O)C#C[Si](C(C)C)(C(C)C)C(C)C)c(CC)c3CC)c(CC)c2CC)=NC1=O. The zero-order valence-corrected chi connectivity index (χ0v) is 50.7. The van der Waals surface area contributed by atoms with Gasteiger partial charge in [0.2, 0.25) is 0 Å². The first-order valence-electron chi connectivity index (χ1n) is 27.0. The van der Waals surface area contributed by atoms with Gasteiger partial charge >= 0.3 is 0 Å². The van der Waals surface area contributed by atoms with E-state index in [1.54, 1.807) is 0 Å². The number of allylic oxidation sites excluding steroid dienone is 1. The van der Waals surface area contributed by atoms with Gasteiger partial charge in [-0.1, -0.05) is 178 Å². The molecular weight excluding hydrogens is 879 g/mol. The van der Waals surface area contributed by atoms with Gasteiger partial charge in [0, 0.05) is 5.57 Å². The molecule has 0 aliphatic carbocycles. The molecule has 68 heavy (non-hydrogen) atoms. The Hall–Kier alpha value is -3.62. The topological polar surface area (TPSA) is 78.1 Å². The summed E-state index contributed by atoms with van der Waals surface area (Å²) < 4.78 is 0. The molecule has 2 aromatic rings. The smallest absolute Gasteiger partial charge is 0.273 e. The van der Waals surface area contributed by atoms with E-state index in [0.29, 0.717) is 74.8 Å². The third-order valence-corrected chi connectivity index (χ3v) is 35.6. The Balaban J connectivity index is 2.93. The molecule has 8 heteroatoms. The molecule has 5 nitrogen and oxygen atoms in total. The van der Waals surface area contributed by atoms with Crippen LogP contribution in [-0.4, -0.2) is 51.6 Å². The van der Waals surface area contributed by atoms with Crippen LogP contribution in [0.5, 0.6) is 0 Å². The highest BCUT2D eigenvalue weighted by atomic mass is 28.3. The van der Waals surface area contributed by atoms with Crippen molar-refractivity contribution in [3.63, 3.8) is 0 Å². The molecule has 374 valence electrons. The van der Waals surface area contributed by atoms with E-state index in [4.69, 9.17) is 4.99 Å². The fourth-order valence-corrected chi connectivity index (χ4v) is 29.0. The standard InChI is InChI=1S/C60H95N3O2Si3/c1-25-46-47(26-2)56(53(58-50(29-5)51(30-6)60(65)63-58)32-35-67(40(13)14,41(15)16)42(17)18)61-55(46)52(31-34-66(37(7)8,38(9)10)39(11)12)57-48(27-3)49(28-4)59(62-57)54(64)33-36-68(43(19)20,44(21)22)45(23)24/h37-45,61-62H,25-30H2,1-24H3/b55-52+,56-53+. The van der Waals surface area contributed by atoms with Gasteiger partial charge in [-0.2, -0.15) is 0 Å². The zero-order chi connectivity index (χ0) is 52.0. The van der Waals surface area contributed by atoms with Crippen LogP contribution in [-0.2, 0) is 30.5 Å². The number of ketones is 1. The number of nitrogens with one attached hydrogen (secondary N) is 2. The van der Waals surface area contributed by atoms with Crippen molar-refractivity contribution in [3.05, 3.63) is 55.5 Å². The van der Waals surface area contributed by atoms with E-state index >= 15 is 0 Å². The molecule has 0 saturated heterocycles. The lowest BCUT2D eigenvalue weighted by atomic mass is 9.95. The predicted molar refractivity (Wildman–Crippen MR) is 305 cm³/mol. The van der Waals surface area contributed by atoms with E-state index in [9.17, 15) is 9.59 Å². The van der Waals surface area contributed by atoms with Crippen LogP contribution in [0.25, 0.3) is 11.1 Å². The Morgan fingerprint density at radius 3 is 1.09 bits per heavy atom. The second-order valence-corrected chi connectivity index (χ2v) is 39.3. The van der Waals surface area contributed by atoms with E-state index in [-0.39, 0.29) is 11.7 Å². The normalized spacial score (nSPS) is 14.8. The van der Waals surface area contributed by atoms with Crippen molar-refractivity contribution >= 4 is 52.8 Å². The number of amides is 1. The maximum atomic E-state index is 14.8. The molecule has 0 bridgehead atoms. The Morgan fingerprint density at radius 1 is 0.426 bits per heavy atom. The number of carbonyl (C=O) groups is 2. The molecule has 0 unspecified atom stereocenters. The first-order valence-corrected chi connectivity index (χ1v) is 33.7. The summed E-state index contributed by atoms with van der Waals surface area (Å²) in [5.41, 5.74) is 26.1. The Kier molecular flexibility index (Phi) is 20.7. The van der Waals surface area contributed by atoms with E-state index in [1.807, 2.05) is 0 Å². The fraction of sp³-hybridized carbons (Fsp3) is 0.650. The summed E-state index contributed by atoms with van der Waals surface area (Å²) in [5, 5.41) is 1.92. The summed E-state index contributed by atoms with van der Waals surface area (Å²) in [7, 11) is -6.65. The van der Waals surface area contributed by atoms with E-state index in [1.165, 1.54) is 11.1 Å². The van der Waals surface area contributed by atoms with Crippen molar-refractivity contribution in [1.82, 2.24) is 9.97 Å². The lowest BCUT2D eigenvalue weighted by molar-refractivity contribution is -0.114. The van der Waals surface area contributed by atoms with Crippen molar-refractivity contribution in [1.29, 1.82) is 0 Å². The summed E-state index contributed by atoms with van der Waals surface area (Å²) in [6.07, 6.45) is 4.28. The summed E-state index contributed by atoms with van der Waals surface area (Å²) in [5.74, 6) is 10.9. The maximum absolute atomic E-state index is 14.8. The molecule has 0 saturated carbocycles. The summed E-state index contributed by atoms with van der Waals surface area (Å²) in [6, 6.07) is 0. The van der Waals surface area contributed by atoms with Crippen LogP contribution >= 0.6 is 0 Å². The average molecular weight is 975 g/mol. The third-order valence-electron chi connectivity index (χ3n) is 16.7. The quantitative estimate of drug-likeness (QED) is 0.0887. The van der Waals surface area contributed by atoms with Crippen LogP contribution in [0.15, 0.2) is 16.1 Å². The summed E-state index contributed by atoms with van der Waals surface area (Å²) >= 11 is 0. The van der Waals surface area contributed by atoms with Crippen LogP contribution < -0.4 is 10.7 Å². The van der Waals surface area contributed by atoms with E-state index in [2.05, 4.69) is 211 Å². The Bertz CT molecular complexity index is 2480. The number of Topliss-reactive ketones (excluding diaryl/α,β-unsaturated/α-hetero) is 1. The molecule has 0 spiro atoms. The molecule has 1 amide bonds. The van der Waals surface area contributed by atoms with Crippen molar-refractivity contribution < 1.29 is 9.59 Å². The van der Waals surface area contributed by atoms with Crippen LogP contribution in [0, 0.1) is 34.4 Å². The summed E-state index contributed by atoms with van der Waals surface area (Å²) in [6.45, 7) is 55.1. The lowest BCUT2D eigenvalue weighted by Crippen LogP contribution is -2.43. The van der Waals surface area contributed by atoms with Crippen LogP contribution in [0.4, 0.5) is 0 Å². The molecule has 1 aliphatic heterocycles. The van der Waals surface area contributed by atoms with Crippen molar-refractivity contribution in [2.45, 2.75) is 255 Å². The van der Waals surface area contributed by atoms with Gasteiger partial charge in [-0.3, -0.25) is 9.59 Å². The minimum Gasteiger partial charge on any atom is -0.353 e. The lowest BCUT2D eigenvalue weighted by Gasteiger charge is -2.38. The molecule has 2 aromatic heterocycles. The molecule has 0 atom stereocenters. The number of carbonyl (C=O) groups excluding carboxylic acids is 2. The summed E-state index contributed by atoms with van der Waals surface area (Å²) in [4.78, 5) is 41.4. The highest BCUT2D eigenvalue weighted by Crippen LogP contribution is 2.43. The Labute approximate surface area is 419 Å². The predicted octanol–water partition coefficient (Wildman–Crippen LogP) is 14.9. The van der Waals surface area contributed by atoms with Crippen LogP contribution in [0.2, 0.25) is 49.9 Å². The van der Waals surface area contributed by atoms with E-state index < -0.39 is 24.2 Å². The number of hydrogen-bond donors (Lipinski definition) is 2. The largest absolute Gasteiger partial charge is 0.353 e. The molecule has 2 N–H and O–H groups in total. The number of hydrogen-bond acceptors (Lipinski definition) is 2. The van der Waals surface area contributed by atoms with Gasteiger partial charge in [0.15, 0.2) is 0 Å². The van der Waals surface area contributed by atoms with Gasteiger partial charge < -0.3 is 9.97 Å². The third kappa shape index (κ3) is 10.7. The van der Waals surface area contributed by atoms with Gasteiger partial charge in [-0.25, -0.2) is 4.99 Å². The molecule has 3 rings (SSSR count). The van der Waals surface area contributed by atoms with Crippen molar-refractivity contribution in [3.8, 4) is 34.4 Å². The van der Waals surface area contributed by atoms with Gasteiger partial charge in [-0.15, -0.1) is 16.6 Å². The monoisotopic (exact) mass is 974 g/mol.